The van der Waals surface area contributed by atoms with Crippen molar-refractivity contribution in [3.63, 3.8) is 0 Å². The first kappa shape index (κ1) is 14.4. The number of fused-ring (bicyclic) bond motifs is 1. The summed E-state index contributed by atoms with van der Waals surface area (Å²) in [7, 11) is 0. The lowest BCUT2D eigenvalue weighted by molar-refractivity contribution is 0.0952. The number of aryl methyl sites for hydroxylation is 1. The van der Waals surface area contributed by atoms with Crippen molar-refractivity contribution >= 4 is 11.6 Å². The zero-order valence-corrected chi connectivity index (χ0v) is 12.7. The molecule has 0 saturated carbocycles. The first-order valence-electron chi connectivity index (χ1n) is 8.21. The first-order chi connectivity index (χ1) is 10.3. The lowest BCUT2D eigenvalue weighted by Crippen LogP contribution is -2.29. The number of para-hydroxylation sites is 1. The summed E-state index contributed by atoms with van der Waals surface area (Å²) in [6, 6.07) is 6.03. The maximum Gasteiger partial charge on any atom is 0.253 e. The molecule has 2 aliphatic heterocycles. The average molecular weight is 287 g/mol. The standard InChI is InChI=1S/C17H25N3O/c21-17(19-10-5-13-20-11-1-2-12-20)15-8-3-6-14-7-4-9-18-16(14)15/h3,6,8,18H,1-2,4-5,7,9-13H2,(H,19,21). The molecule has 21 heavy (non-hydrogen) atoms. The molecule has 4 heteroatoms. The maximum absolute atomic E-state index is 12.3. The molecule has 0 aliphatic carbocycles. The van der Waals surface area contributed by atoms with Crippen LogP contribution < -0.4 is 10.6 Å². The van der Waals surface area contributed by atoms with E-state index in [9.17, 15) is 4.79 Å². The van der Waals surface area contributed by atoms with Crippen molar-refractivity contribution in [2.75, 3.05) is 38.0 Å². The van der Waals surface area contributed by atoms with Gasteiger partial charge in [0.15, 0.2) is 0 Å². The normalized spacial score (nSPS) is 18.1. The lowest BCUT2D eigenvalue weighted by Gasteiger charge is -2.21. The summed E-state index contributed by atoms with van der Waals surface area (Å²) in [6.07, 6.45) is 5.91. The van der Waals surface area contributed by atoms with Crippen LogP contribution in [0.3, 0.4) is 0 Å². The molecular formula is C17H25N3O. The number of nitrogens with one attached hydrogen (secondary N) is 2. The van der Waals surface area contributed by atoms with Crippen LogP contribution >= 0.6 is 0 Å². The third kappa shape index (κ3) is 3.56. The highest BCUT2D eigenvalue weighted by Gasteiger charge is 2.17. The fourth-order valence-corrected chi connectivity index (χ4v) is 3.30. The summed E-state index contributed by atoms with van der Waals surface area (Å²) in [6.45, 7) is 5.28. The molecule has 1 amide bonds. The van der Waals surface area contributed by atoms with E-state index in [1.807, 2.05) is 12.1 Å². The maximum atomic E-state index is 12.3. The molecular weight excluding hydrogens is 262 g/mol. The van der Waals surface area contributed by atoms with Gasteiger partial charge >= 0.3 is 0 Å². The van der Waals surface area contributed by atoms with Crippen molar-refractivity contribution in [2.24, 2.45) is 0 Å². The summed E-state index contributed by atoms with van der Waals surface area (Å²) in [5, 5.41) is 6.45. The van der Waals surface area contributed by atoms with Gasteiger partial charge in [0.2, 0.25) is 0 Å². The zero-order chi connectivity index (χ0) is 14.5. The summed E-state index contributed by atoms with van der Waals surface area (Å²) >= 11 is 0. The highest BCUT2D eigenvalue weighted by Crippen LogP contribution is 2.25. The van der Waals surface area contributed by atoms with Crippen LogP contribution in [-0.4, -0.2) is 43.5 Å². The summed E-state index contributed by atoms with van der Waals surface area (Å²) in [5.74, 6) is 0.0580. The zero-order valence-electron chi connectivity index (χ0n) is 12.7. The Kier molecular flexibility index (Phi) is 4.76. The minimum atomic E-state index is 0.0580. The molecule has 1 aromatic carbocycles. The number of benzene rings is 1. The molecule has 0 atom stereocenters. The van der Waals surface area contributed by atoms with Crippen LogP contribution in [0, 0.1) is 0 Å². The number of hydrogen-bond donors (Lipinski definition) is 2. The van der Waals surface area contributed by atoms with Gasteiger partial charge < -0.3 is 15.5 Å². The minimum Gasteiger partial charge on any atom is -0.384 e. The smallest absolute Gasteiger partial charge is 0.253 e. The van der Waals surface area contributed by atoms with Gasteiger partial charge in [0.25, 0.3) is 5.91 Å². The van der Waals surface area contributed by atoms with Gasteiger partial charge in [0, 0.05) is 13.1 Å². The molecule has 0 radical (unpaired) electrons. The SMILES string of the molecule is O=C(NCCCN1CCCC1)c1cccc2c1NCCC2. The number of carbonyl (C=O) groups is 1. The van der Waals surface area contributed by atoms with Crippen LogP contribution in [0.1, 0.15) is 41.6 Å². The van der Waals surface area contributed by atoms with Gasteiger partial charge in [-0.2, -0.15) is 0 Å². The second-order valence-corrected chi connectivity index (χ2v) is 6.03. The van der Waals surface area contributed by atoms with Crippen molar-refractivity contribution in [3.05, 3.63) is 29.3 Å². The highest BCUT2D eigenvalue weighted by atomic mass is 16.1. The van der Waals surface area contributed by atoms with Gasteiger partial charge in [-0.1, -0.05) is 12.1 Å². The molecule has 2 heterocycles. The molecule has 0 aromatic heterocycles. The predicted molar refractivity (Wildman–Crippen MR) is 85.9 cm³/mol. The number of hydrogen-bond acceptors (Lipinski definition) is 3. The third-order valence-corrected chi connectivity index (χ3v) is 4.46. The van der Waals surface area contributed by atoms with Crippen LogP contribution in [0.2, 0.25) is 0 Å². The van der Waals surface area contributed by atoms with Gasteiger partial charge in [-0.05, 0) is 63.4 Å². The van der Waals surface area contributed by atoms with E-state index >= 15 is 0 Å². The summed E-state index contributed by atoms with van der Waals surface area (Å²) in [4.78, 5) is 14.8. The second kappa shape index (κ2) is 6.94. The molecule has 1 fully saturated rings. The Morgan fingerprint density at radius 1 is 1.24 bits per heavy atom. The number of carbonyl (C=O) groups excluding carboxylic acids is 1. The second-order valence-electron chi connectivity index (χ2n) is 6.03. The summed E-state index contributed by atoms with van der Waals surface area (Å²) < 4.78 is 0. The van der Waals surface area contributed by atoms with E-state index in [2.05, 4.69) is 21.6 Å². The highest BCUT2D eigenvalue weighted by molar-refractivity contribution is 6.00. The van der Waals surface area contributed by atoms with Gasteiger partial charge in [0.1, 0.15) is 0 Å². The number of amides is 1. The Labute approximate surface area is 126 Å². The molecule has 3 rings (SSSR count). The molecule has 2 aliphatic rings. The van der Waals surface area contributed by atoms with Gasteiger partial charge in [-0.3, -0.25) is 4.79 Å². The number of rotatable bonds is 5. The van der Waals surface area contributed by atoms with Crippen molar-refractivity contribution < 1.29 is 4.79 Å². The van der Waals surface area contributed by atoms with Crippen molar-refractivity contribution in [1.29, 1.82) is 0 Å². The first-order valence-corrected chi connectivity index (χ1v) is 8.21. The van der Waals surface area contributed by atoms with E-state index in [0.717, 1.165) is 50.1 Å². The fraction of sp³-hybridized carbons (Fsp3) is 0.588. The van der Waals surface area contributed by atoms with E-state index in [1.54, 1.807) is 0 Å². The predicted octanol–water partition coefficient (Wildman–Crippen LogP) is 2.26. The molecule has 0 bridgehead atoms. The number of likely N-dealkylation sites (tertiary alicyclic amines) is 1. The Morgan fingerprint density at radius 3 is 2.95 bits per heavy atom. The third-order valence-electron chi connectivity index (χ3n) is 4.46. The Balaban J connectivity index is 1.51. The van der Waals surface area contributed by atoms with E-state index in [-0.39, 0.29) is 5.91 Å². The van der Waals surface area contributed by atoms with E-state index in [0.29, 0.717) is 0 Å². The topological polar surface area (TPSA) is 44.4 Å². The molecule has 0 spiro atoms. The number of nitrogens with zero attached hydrogens (tertiary/aromatic N) is 1. The van der Waals surface area contributed by atoms with E-state index in [1.165, 1.54) is 31.5 Å². The quantitative estimate of drug-likeness (QED) is 0.817. The van der Waals surface area contributed by atoms with Crippen molar-refractivity contribution in [2.45, 2.75) is 32.1 Å². The molecule has 4 nitrogen and oxygen atoms in total. The van der Waals surface area contributed by atoms with Crippen LogP contribution in [0.25, 0.3) is 0 Å². The van der Waals surface area contributed by atoms with Crippen LogP contribution in [0.15, 0.2) is 18.2 Å². The Hall–Kier alpha value is -1.55. The van der Waals surface area contributed by atoms with Crippen molar-refractivity contribution in [1.82, 2.24) is 10.2 Å². The van der Waals surface area contributed by atoms with Crippen LogP contribution in [-0.2, 0) is 6.42 Å². The van der Waals surface area contributed by atoms with Crippen molar-refractivity contribution in [3.8, 4) is 0 Å². The molecule has 0 unspecified atom stereocenters. The molecule has 1 saturated heterocycles. The largest absolute Gasteiger partial charge is 0.384 e. The minimum absolute atomic E-state index is 0.0580. The Bertz CT molecular complexity index is 495. The molecule has 1 aromatic rings. The average Bonchev–Trinajstić information content (AvgIpc) is 3.04. The van der Waals surface area contributed by atoms with Gasteiger partial charge in [0.05, 0.1) is 11.3 Å². The van der Waals surface area contributed by atoms with Crippen LogP contribution in [0.4, 0.5) is 5.69 Å². The lowest BCUT2D eigenvalue weighted by atomic mass is 9.99. The summed E-state index contributed by atoms with van der Waals surface area (Å²) in [5.41, 5.74) is 3.11. The monoisotopic (exact) mass is 287 g/mol. The number of anilines is 1. The Morgan fingerprint density at radius 2 is 2.10 bits per heavy atom. The van der Waals surface area contributed by atoms with Gasteiger partial charge in [-0.25, -0.2) is 0 Å². The van der Waals surface area contributed by atoms with E-state index in [4.69, 9.17) is 0 Å². The van der Waals surface area contributed by atoms with Gasteiger partial charge in [-0.15, -0.1) is 0 Å². The molecule has 114 valence electrons. The molecule has 2 N–H and O–H groups in total. The van der Waals surface area contributed by atoms with Crippen LogP contribution in [0.5, 0.6) is 0 Å². The fourth-order valence-electron chi connectivity index (χ4n) is 3.30. The van der Waals surface area contributed by atoms with E-state index < -0.39 is 0 Å².